The lowest BCUT2D eigenvalue weighted by molar-refractivity contribution is -0.134. The first-order valence-electron chi connectivity index (χ1n) is 8.94. The molecule has 0 heterocycles. The third-order valence-corrected chi connectivity index (χ3v) is 3.92. The van der Waals surface area contributed by atoms with E-state index in [0.29, 0.717) is 24.3 Å². The predicted octanol–water partition coefficient (Wildman–Crippen LogP) is 1.60. The summed E-state index contributed by atoms with van der Waals surface area (Å²) in [5.74, 6) is -2.63. The van der Waals surface area contributed by atoms with E-state index in [2.05, 4.69) is 0 Å². The first-order valence-corrected chi connectivity index (χ1v) is 8.94. The lowest BCUT2D eigenvalue weighted by atomic mass is 10.1. The number of hydrogen-bond acceptors (Lipinski definition) is 7. The van der Waals surface area contributed by atoms with Crippen LogP contribution in [0.2, 0.25) is 0 Å². The SMILES string of the molecule is CN(CCc1ccc(N)cc1)C[C@@H](O)c1cc(O)cc(O)c1.O=C(O)/C=C/C(=O)O. The van der Waals surface area contributed by atoms with Crippen molar-refractivity contribution in [1.82, 2.24) is 4.90 Å². The minimum Gasteiger partial charge on any atom is -0.508 e. The molecule has 0 spiro atoms. The van der Waals surface area contributed by atoms with Gasteiger partial charge in [-0.2, -0.15) is 0 Å². The molecule has 0 aliphatic carbocycles. The number of aliphatic hydroxyl groups is 1. The monoisotopic (exact) mass is 418 g/mol. The highest BCUT2D eigenvalue weighted by Gasteiger charge is 2.12. The fourth-order valence-electron chi connectivity index (χ4n) is 2.45. The summed E-state index contributed by atoms with van der Waals surface area (Å²) in [5.41, 5.74) is 8.08. The van der Waals surface area contributed by atoms with Crippen LogP contribution < -0.4 is 5.73 Å². The molecule has 0 saturated heterocycles. The zero-order valence-corrected chi connectivity index (χ0v) is 16.5. The molecule has 2 aromatic rings. The Morgan fingerprint density at radius 2 is 1.50 bits per heavy atom. The molecule has 0 unspecified atom stereocenters. The fourth-order valence-corrected chi connectivity index (χ4v) is 2.45. The molecule has 7 N–H and O–H groups in total. The van der Waals surface area contributed by atoms with Crippen molar-refractivity contribution in [2.45, 2.75) is 12.5 Å². The molecule has 0 aliphatic heterocycles. The van der Waals surface area contributed by atoms with Gasteiger partial charge in [-0.3, -0.25) is 0 Å². The van der Waals surface area contributed by atoms with Crippen molar-refractivity contribution in [1.29, 1.82) is 0 Å². The summed E-state index contributed by atoms with van der Waals surface area (Å²) in [6.45, 7) is 1.20. The second kappa shape index (κ2) is 12.1. The van der Waals surface area contributed by atoms with E-state index in [1.54, 1.807) is 0 Å². The molecule has 0 aliphatic rings. The zero-order valence-electron chi connectivity index (χ0n) is 16.5. The zero-order chi connectivity index (χ0) is 22.7. The fraction of sp³-hybridized carbons (Fsp3) is 0.238. The van der Waals surface area contributed by atoms with Crippen LogP contribution >= 0.6 is 0 Å². The van der Waals surface area contributed by atoms with Gasteiger partial charge in [-0.15, -0.1) is 0 Å². The molecule has 9 heteroatoms. The number of anilines is 1. The molecular weight excluding hydrogens is 392 g/mol. The number of likely N-dealkylation sites (N-methyl/N-ethyl adjacent to an activating group) is 1. The molecular formula is C21H26N2O7. The van der Waals surface area contributed by atoms with Crippen LogP contribution in [-0.2, 0) is 16.0 Å². The van der Waals surface area contributed by atoms with Gasteiger partial charge in [0.15, 0.2) is 0 Å². The molecule has 0 fully saturated rings. The number of hydrogen-bond donors (Lipinski definition) is 6. The van der Waals surface area contributed by atoms with Crippen molar-refractivity contribution in [3.05, 3.63) is 65.7 Å². The van der Waals surface area contributed by atoms with E-state index in [1.165, 1.54) is 23.8 Å². The molecule has 0 amide bonds. The number of carboxylic acid groups (broad SMARTS) is 2. The Kier molecular flexibility index (Phi) is 9.87. The molecule has 1 atom stereocenters. The maximum atomic E-state index is 10.2. The standard InChI is InChI=1S/C17H22N2O3.C4H4O4/c1-19(7-6-12-2-4-14(18)5-3-12)11-17(22)13-8-15(20)10-16(21)9-13;5-3(6)1-2-4(7)8/h2-5,8-10,17,20-22H,6-7,11,18H2,1H3;1-2H,(H,5,6)(H,7,8)/b;2-1+/t17-;/m1./s1. The van der Waals surface area contributed by atoms with Gasteiger partial charge in [0.25, 0.3) is 0 Å². The first kappa shape index (κ1) is 24.5. The average Bonchev–Trinajstić information content (AvgIpc) is 2.65. The number of carboxylic acids is 2. The number of nitrogens with zero attached hydrogens (tertiary/aromatic N) is 1. The molecule has 0 bridgehead atoms. The quantitative estimate of drug-likeness (QED) is 0.276. The number of aliphatic hydroxyl groups excluding tert-OH is 1. The van der Waals surface area contributed by atoms with Crippen molar-refractivity contribution in [3.8, 4) is 11.5 Å². The lowest BCUT2D eigenvalue weighted by Crippen LogP contribution is -2.26. The first-order chi connectivity index (χ1) is 14.1. The van der Waals surface area contributed by atoms with Gasteiger partial charge in [-0.25, -0.2) is 9.59 Å². The van der Waals surface area contributed by atoms with Crippen molar-refractivity contribution in [3.63, 3.8) is 0 Å². The number of benzene rings is 2. The number of phenols is 2. The normalized spacial score (nSPS) is 11.7. The van der Waals surface area contributed by atoms with Gasteiger partial charge in [0.05, 0.1) is 6.10 Å². The number of nitrogen functional groups attached to an aromatic ring is 1. The summed E-state index contributed by atoms with van der Waals surface area (Å²) in [5, 5.41) is 44.7. The minimum atomic E-state index is -1.26. The molecule has 0 saturated carbocycles. The van der Waals surface area contributed by atoms with Crippen LogP contribution in [0.15, 0.2) is 54.6 Å². The highest BCUT2D eigenvalue weighted by molar-refractivity contribution is 5.89. The third-order valence-electron chi connectivity index (χ3n) is 3.92. The van der Waals surface area contributed by atoms with Gasteiger partial charge in [-0.05, 0) is 48.9 Å². The summed E-state index contributed by atoms with van der Waals surface area (Å²) in [7, 11) is 1.92. The van der Waals surface area contributed by atoms with Crippen LogP contribution in [-0.4, -0.2) is 62.5 Å². The second-order valence-corrected chi connectivity index (χ2v) is 6.56. The minimum absolute atomic E-state index is 0.0569. The van der Waals surface area contributed by atoms with Gasteiger partial charge in [0, 0.05) is 37.0 Å². The molecule has 30 heavy (non-hydrogen) atoms. The molecule has 2 rings (SSSR count). The number of aromatic hydroxyl groups is 2. The van der Waals surface area contributed by atoms with Gasteiger partial charge in [-0.1, -0.05) is 12.1 Å². The van der Waals surface area contributed by atoms with Crippen LogP contribution in [0.4, 0.5) is 5.69 Å². The van der Waals surface area contributed by atoms with Gasteiger partial charge in [0.2, 0.25) is 0 Å². The average molecular weight is 418 g/mol. The van der Waals surface area contributed by atoms with E-state index in [4.69, 9.17) is 15.9 Å². The molecule has 9 nitrogen and oxygen atoms in total. The van der Waals surface area contributed by atoms with Crippen molar-refractivity contribution in [2.24, 2.45) is 0 Å². The van der Waals surface area contributed by atoms with Crippen LogP contribution in [0.1, 0.15) is 17.2 Å². The van der Waals surface area contributed by atoms with Gasteiger partial charge < -0.3 is 36.2 Å². The Hall–Kier alpha value is -3.56. The van der Waals surface area contributed by atoms with Gasteiger partial charge in [0.1, 0.15) is 11.5 Å². The summed E-state index contributed by atoms with van der Waals surface area (Å²) in [6.07, 6.45) is 1.20. The maximum Gasteiger partial charge on any atom is 0.328 e. The number of phenolic OH excluding ortho intramolecular Hbond substituents is 2. The van der Waals surface area contributed by atoms with Crippen LogP contribution in [0.3, 0.4) is 0 Å². The van der Waals surface area contributed by atoms with E-state index in [9.17, 15) is 24.9 Å². The lowest BCUT2D eigenvalue weighted by Gasteiger charge is -2.21. The van der Waals surface area contributed by atoms with E-state index in [1.807, 2.05) is 36.2 Å². The van der Waals surface area contributed by atoms with Crippen molar-refractivity contribution >= 4 is 17.6 Å². The van der Waals surface area contributed by atoms with Gasteiger partial charge >= 0.3 is 11.9 Å². The van der Waals surface area contributed by atoms with Crippen molar-refractivity contribution in [2.75, 3.05) is 25.9 Å². The topological polar surface area (TPSA) is 165 Å². The Morgan fingerprint density at radius 3 is 1.97 bits per heavy atom. The molecule has 2 aromatic carbocycles. The van der Waals surface area contributed by atoms with E-state index in [-0.39, 0.29) is 11.5 Å². The highest BCUT2D eigenvalue weighted by Crippen LogP contribution is 2.25. The Bertz CT molecular complexity index is 830. The van der Waals surface area contributed by atoms with Crippen LogP contribution in [0, 0.1) is 0 Å². The van der Waals surface area contributed by atoms with Crippen LogP contribution in [0.25, 0.3) is 0 Å². The van der Waals surface area contributed by atoms with E-state index in [0.717, 1.165) is 18.7 Å². The second-order valence-electron chi connectivity index (χ2n) is 6.56. The largest absolute Gasteiger partial charge is 0.508 e. The summed E-state index contributed by atoms with van der Waals surface area (Å²) >= 11 is 0. The number of nitrogens with two attached hydrogens (primary N) is 1. The number of rotatable bonds is 8. The van der Waals surface area contributed by atoms with Crippen molar-refractivity contribution < 1.29 is 35.1 Å². The number of carbonyl (C=O) groups is 2. The Morgan fingerprint density at radius 1 is 1.00 bits per heavy atom. The van der Waals surface area contributed by atoms with E-state index >= 15 is 0 Å². The third kappa shape index (κ3) is 10.1. The highest BCUT2D eigenvalue weighted by atomic mass is 16.4. The summed E-state index contributed by atoms with van der Waals surface area (Å²) in [6, 6.07) is 11.9. The molecule has 162 valence electrons. The molecule has 0 aromatic heterocycles. The predicted molar refractivity (Wildman–Crippen MR) is 111 cm³/mol. The van der Waals surface area contributed by atoms with E-state index < -0.39 is 18.0 Å². The molecule has 0 radical (unpaired) electrons. The Balaban J connectivity index is 0.000000479. The maximum absolute atomic E-state index is 10.2. The smallest absolute Gasteiger partial charge is 0.328 e. The Labute approximate surface area is 173 Å². The van der Waals surface area contributed by atoms with Crippen LogP contribution in [0.5, 0.6) is 11.5 Å². The summed E-state index contributed by atoms with van der Waals surface area (Å²) < 4.78 is 0. The number of aliphatic carboxylic acids is 2. The summed E-state index contributed by atoms with van der Waals surface area (Å²) in [4.78, 5) is 21.1.